The second-order valence-electron chi connectivity index (χ2n) is 14.6. The number of rotatable bonds is 6. The van der Waals surface area contributed by atoms with Crippen molar-refractivity contribution in [1.29, 1.82) is 0 Å². The molecule has 9 aromatic rings. The normalized spacial score (nSPS) is 14.9. The van der Waals surface area contributed by atoms with Crippen LogP contribution in [0, 0.1) is 0 Å². The molecule has 0 saturated heterocycles. The van der Waals surface area contributed by atoms with Gasteiger partial charge in [0, 0.05) is 44.6 Å². The minimum absolute atomic E-state index is 0.147. The lowest BCUT2D eigenvalue weighted by molar-refractivity contribution is 0.587. The standard InChI is InChI=1S/C51H36N4/c1-51(29-28-41-31-42(20-21-43(41)33-51)45-27-24-39-19-18-38-13-8-30-52-48(38)49(39)53-45)44-25-22-37(23-26-44)47-32-46(54-50(55-47)40-11-6-3-7-12-40)36-16-14-35(15-17-36)34-9-4-2-5-10-34/h2-32H,33H2,1H3. The molecule has 0 bridgehead atoms. The number of fused-ring (bicyclic) bond motifs is 4. The van der Waals surface area contributed by atoms with Gasteiger partial charge in [-0.2, -0.15) is 0 Å². The molecule has 0 radical (unpaired) electrons. The SMILES string of the molecule is CC1(c2ccc(-c3cc(-c4ccc(-c5ccccc5)cc4)nc(-c4ccccc4)n3)cc2)C=Cc2cc(-c3ccc4ccc5cccnc5c4n3)ccc2C1. The van der Waals surface area contributed by atoms with Crippen molar-refractivity contribution in [3.8, 4) is 56.3 Å². The van der Waals surface area contributed by atoms with E-state index < -0.39 is 0 Å². The summed E-state index contributed by atoms with van der Waals surface area (Å²) in [6.45, 7) is 2.33. The average Bonchev–Trinajstić information content (AvgIpc) is 3.26. The molecule has 0 spiro atoms. The fraction of sp³-hybridized carbons (Fsp3) is 0.0588. The maximum Gasteiger partial charge on any atom is 0.160 e. The van der Waals surface area contributed by atoms with Crippen molar-refractivity contribution in [2.75, 3.05) is 0 Å². The Bertz CT molecular complexity index is 2880. The van der Waals surface area contributed by atoms with Gasteiger partial charge in [0.2, 0.25) is 0 Å². The highest BCUT2D eigenvalue weighted by Crippen LogP contribution is 2.39. The minimum atomic E-state index is -0.147. The summed E-state index contributed by atoms with van der Waals surface area (Å²) in [6, 6.07) is 59.7. The van der Waals surface area contributed by atoms with E-state index in [-0.39, 0.29) is 5.41 Å². The molecule has 1 unspecified atom stereocenters. The topological polar surface area (TPSA) is 51.6 Å². The van der Waals surface area contributed by atoms with Crippen LogP contribution in [-0.4, -0.2) is 19.9 Å². The third-order valence-electron chi connectivity index (χ3n) is 10.9. The van der Waals surface area contributed by atoms with Gasteiger partial charge < -0.3 is 0 Å². The zero-order chi connectivity index (χ0) is 36.8. The number of benzene rings is 6. The number of aromatic nitrogens is 4. The molecule has 4 nitrogen and oxygen atoms in total. The van der Waals surface area contributed by atoms with Crippen molar-refractivity contribution in [2.24, 2.45) is 0 Å². The van der Waals surface area contributed by atoms with Crippen molar-refractivity contribution in [2.45, 2.75) is 18.8 Å². The van der Waals surface area contributed by atoms with Crippen molar-refractivity contribution in [1.82, 2.24) is 19.9 Å². The number of allylic oxidation sites excluding steroid dienone is 1. The van der Waals surface area contributed by atoms with Crippen LogP contribution in [-0.2, 0) is 11.8 Å². The lowest BCUT2D eigenvalue weighted by atomic mass is 9.72. The van der Waals surface area contributed by atoms with E-state index >= 15 is 0 Å². The van der Waals surface area contributed by atoms with E-state index in [2.05, 4.69) is 164 Å². The molecule has 3 heterocycles. The largest absolute Gasteiger partial charge is 0.254 e. The van der Waals surface area contributed by atoms with E-state index in [1.54, 1.807) is 0 Å². The lowest BCUT2D eigenvalue weighted by Crippen LogP contribution is -2.25. The van der Waals surface area contributed by atoms with Crippen LogP contribution in [0.2, 0.25) is 0 Å². The molecule has 55 heavy (non-hydrogen) atoms. The maximum absolute atomic E-state index is 5.10. The summed E-state index contributed by atoms with van der Waals surface area (Å²) in [4.78, 5) is 19.9. The molecule has 1 aliphatic carbocycles. The Labute approximate surface area is 320 Å². The molecule has 10 rings (SSSR count). The maximum atomic E-state index is 5.10. The molecule has 0 aliphatic heterocycles. The first-order valence-corrected chi connectivity index (χ1v) is 18.7. The van der Waals surface area contributed by atoms with Gasteiger partial charge >= 0.3 is 0 Å². The Kier molecular flexibility index (Phi) is 7.96. The van der Waals surface area contributed by atoms with Crippen molar-refractivity contribution >= 4 is 27.9 Å². The first-order chi connectivity index (χ1) is 27.1. The van der Waals surface area contributed by atoms with Gasteiger partial charge in [-0.05, 0) is 58.5 Å². The molecule has 6 aromatic carbocycles. The van der Waals surface area contributed by atoms with Crippen molar-refractivity contribution < 1.29 is 0 Å². The van der Waals surface area contributed by atoms with E-state index in [0.717, 1.165) is 67.6 Å². The zero-order valence-corrected chi connectivity index (χ0v) is 30.4. The Morgan fingerprint density at radius 2 is 1.05 bits per heavy atom. The van der Waals surface area contributed by atoms with Crippen molar-refractivity contribution in [3.63, 3.8) is 0 Å². The van der Waals surface area contributed by atoms with Crippen LogP contribution < -0.4 is 0 Å². The number of hydrogen-bond acceptors (Lipinski definition) is 4. The number of nitrogens with zero attached hydrogens (tertiary/aromatic N) is 4. The average molecular weight is 705 g/mol. The number of hydrogen-bond donors (Lipinski definition) is 0. The predicted molar refractivity (Wildman–Crippen MR) is 226 cm³/mol. The highest BCUT2D eigenvalue weighted by atomic mass is 14.9. The molecule has 1 aliphatic rings. The minimum Gasteiger partial charge on any atom is -0.254 e. The summed E-state index contributed by atoms with van der Waals surface area (Å²) in [5.41, 5.74) is 14.9. The summed E-state index contributed by atoms with van der Waals surface area (Å²) in [5.74, 6) is 0.714. The van der Waals surface area contributed by atoms with Crippen LogP contribution in [0.15, 0.2) is 182 Å². The summed E-state index contributed by atoms with van der Waals surface area (Å²) in [5, 5.41) is 2.20. The highest BCUT2D eigenvalue weighted by Gasteiger charge is 2.28. The third-order valence-corrected chi connectivity index (χ3v) is 10.9. The smallest absolute Gasteiger partial charge is 0.160 e. The second kappa shape index (κ2) is 13.4. The van der Waals surface area contributed by atoms with Gasteiger partial charge in [0.1, 0.15) is 0 Å². The van der Waals surface area contributed by atoms with Gasteiger partial charge in [0.05, 0.1) is 28.1 Å². The molecule has 0 N–H and O–H groups in total. The Morgan fingerprint density at radius 1 is 0.455 bits per heavy atom. The molecule has 4 heteroatoms. The van der Waals surface area contributed by atoms with Crippen LogP contribution in [0.3, 0.4) is 0 Å². The van der Waals surface area contributed by atoms with Gasteiger partial charge in [-0.3, -0.25) is 4.98 Å². The predicted octanol–water partition coefficient (Wildman–Crippen LogP) is 12.4. The van der Waals surface area contributed by atoms with Gasteiger partial charge in [0.15, 0.2) is 5.82 Å². The summed E-state index contributed by atoms with van der Waals surface area (Å²) in [7, 11) is 0. The van der Waals surface area contributed by atoms with Crippen LogP contribution >= 0.6 is 0 Å². The van der Waals surface area contributed by atoms with Gasteiger partial charge in [-0.25, -0.2) is 15.0 Å². The second-order valence-corrected chi connectivity index (χ2v) is 14.6. The zero-order valence-electron chi connectivity index (χ0n) is 30.4. The van der Waals surface area contributed by atoms with Gasteiger partial charge in [0.25, 0.3) is 0 Å². The molecular weight excluding hydrogens is 669 g/mol. The van der Waals surface area contributed by atoms with Gasteiger partial charge in [-0.15, -0.1) is 0 Å². The molecule has 3 aromatic heterocycles. The van der Waals surface area contributed by atoms with Crippen LogP contribution in [0.4, 0.5) is 0 Å². The van der Waals surface area contributed by atoms with Crippen molar-refractivity contribution in [3.05, 3.63) is 199 Å². The Balaban J connectivity index is 0.942. The van der Waals surface area contributed by atoms with Crippen LogP contribution in [0.5, 0.6) is 0 Å². The highest BCUT2D eigenvalue weighted by molar-refractivity contribution is 6.03. The van der Waals surface area contributed by atoms with E-state index in [0.29, 0.717) is 5.82 Å². The fourth-order valence-electron chi connectivity index (χ4n) is 7.83. The van der Waals surface area contributed by atoms with E-state index in [1.807, 2.05) is 36.5 Å². The molecule has 0 amide bonds. The number of pyridine rings is 2. The van der Waals surface area contributed by atoms with E-state index in [4.69, 9.17) is 15.0 Å². The first kappa shape index (κ1) is 32.6. The Hall–Kier alpha value is -7.04. The molecule has 0 saturated carbocycles. The summed E-state index contributed by atoms with van der Waals surface area (Å²) in [6.07, 6.45) is 7.38. The van der Waals surface area contributed by atoms with E-state index in [9.17, 15) is 0 Å². The van der Waals surface area contributed by atoms with Crippen LogP contribution in [0.1, 0.15) is 23.6 Å². The monoisotopic (exact) mass is 704 g/mol. The Morgan fingerprint density at radius 3 is 1.78 bits per heavy atom. The quantitative estimate of drug-likeness (QED) is 0.162. The third kappa shape index (κ3) is 6.18. The van der Waals surface area contributed by atoms with Gasteiger partial charge in [-0.1, -0.05) is 165 Å². The summed E-state index contributed by atoms with van der Waals surface area (Å²) < 4.78 is 0. The van der Waals surface area contributed by atoms with Crippen LogP contribution in [0.25, 0.3) is 84.2 Å². The molecular formula is C51H36N4. The molecule has 0 fully saturated rings. The lowest BCUT2D eigenvalue weighted by Gasteiger charge is -2.31. The molecule has 260 valence electrons. The molecule has 1 atom stereocenters. The first-order valence-electron chi connectivity index (χ1n) is 18.7. The summed E-state index contributed by atoms with van der Waals surface area (Å²) >= 11 is 0. The fourth-order valence-corrected chi connectivity index (χ4v) is 7.83. The van der Waals surface area contributed by atoms with E-state index in [1.165, 1.54) is 27.8 Å².